The quantitative estimate of drug-likeness (QED) is 0.765. The van der Waals surface area contributed by atoms with Gasteiger partial charge in [-0.2, -0.15) is 15.0 Å². The second-order valence-electron chi connectivity index (χ2n) is 4.57. The highest BCUT2D eigenvalue weighted by Crippen LogP contribution is 2.27. The molecular weight excluding hydrogens is 228 g/mol. The zero-order valence-corrected chi connectivity index (χ0v) is 9.83. The van der Waals surface area contributed by atoms with Crippen LogP contribution in [0, 0.1) is 17.2 Å². The molecule has 3 rings (SSSR count). The molecule has 0 aromatic carbocycles. The van der Waals surface area contributed by atoms with Crippen LogP contribution in [0.2, 0.25) is 0 Å². The van der Waals surface area contributed by atoms with Crippen molar-refractivity contribution < 1.29 is 4.79 Å². The number of aromatic nitrogens is 3. The van der Waals surface area contributed by atoms with Gasteiger partial charge in [0.15, 0.2) is 11.3 Å². The summed E-state index contributed by atoms with van der Waals surface area (Å²) in [5.41, 5.74) is 0.760. The third-order valence-corrected chi connectivity index (χ3v) is 3.46. The van der Waals surface area contributed by atoms with Gasteiger partial charge in [-0.1, -0.05) is 12.8 Å². The molecule has 5 nitrogen and oxygen atoms in total. The van der Waals surface area contributed by atoms with E-state index in [0.29, 0.717) is 11.0 Å². The summed E-state index contributed by atoms with van der Waals surface area (Å²) in [6.45, 7) is 0. The molecule has 1 aliphatic carbocycles. The summed E-state index contributed by atoms with van der Waals surface area (Å²) >= 11 is 0. The van der Waals surface area contributed by atoms with Gasteiger partial charge in [-0.3, -0.25) is 4.79 Å². The van der Waals surface area contributed by atoms with Gasteiger partial charge in [0.25, 0.3) is 5.91 Å². The third kappa shape index (κ3) is 1.58. The van der Waals surface area contributed by atoms with Crippen molar-refractivity contribution in [2.24, 2.45) is 5.92 Å². The maximum absolute atomic E-state index is 12.3. The number of fused-ring (bicyclic) bond motifs is 1. The van der Waals surface area contributed by atoms with Gasteiger partial charge in [-0.05, 0) is 25.0 Å². The average Bonchev–Trinajstić information content (AvgIpc) is 3.05. The summed E-state index contributed by atoms with van der Waals surface area (Å²) < 4.78 is 1.31. The number of nitriles is 1. The van der Waals surface area contributed by atoms with Crippen molar-refractivity contribution in [3.05, 3.63) is 24.0 Å². The van der Waals surface area contributed by atoms with E-state index in [1.807, 2.05) is 6.07 Å². The molecule has 2 aromatic heterocycles. The second kappa shape index (κ2) is 4.22. The van der Waals surface area contributed by atoms with Gasteiger partial charge >= 0.3 is 0 Å². The molecule has 2 heterocycles. The molecule has 0 spiro atoms. The van der Waals surface area contributed by atoms with Crippen LogP contribution in [0.15, 0.2) is 18.3 Å². The van der Waals surface area contributed by atoms with Gasteiger partial charge in [0.2, 0.25) is 0 Å². The number of carbonyl (C=O) groups excluding carboxylic acids is 1. The minimum absolute atomic E-state index is 0.0293. The first-order valence-electron chi connectivity index (χ1n) is 6.09. The Bertz CT molecular complexity index is 647. The number of carbonyl (C=O) groups is 1. The second-order valence-corrected chi connectivity index (χ2v) is 4.57. The van der Waals surface area contributed by atoms with E-state index in [9.17, 15) is 4.79 Å². The Morgan fingerprint density at radius 2 is 2.22 bits per heavy atom. The van der Waals surface area contributed by atoms with Gasteiger partial charge in [-0.25, -0.2) is 4.98 Å². The Morgan fingerprint density at radius 1 is 1.44 bits per heavy atom. The Kier molecular flexibility index (Phi) is 2.56. The number of hydrogen-bond donors (Lipinski definition) is 0. The number of pyridine rings is 1. The summed E-state index contributed by atoms with van der Waals surface area (Å²) in [7, 11) is 0. The molecule has 1 saturated carbocycles. The minimum Gasteiger partial charge on any atom is -0.272 e. The highest BCUT2D eigenvalue weighted by atomic mass is 16.2. The summed E-state index contributed by atoms with van der Waals surface area (Å²) in [6.07, 6.45) is 5.62. The summed E-state index contributed by atoms with van der Waals surface area (Å²) in [4.78, 5) is 16.5. The number of hydrogen-bond acceptors (Lipinski definition) is 4. The van der Waals surface area contributed by atoms with E-state index in [-0.39, 0.29) is 17.5 Å². The van der Waals surface area contributed by atoms with Gasteiger partial charge in [0.1, 0.15) is 6.07 Å². The summed E-state index contributed by atoms with van der Waals surface area (Å²) in [6, 6.07) is 5.53. The SMILES string of the molecule is N#Cc1nn(C(=O)C2CCCC2)c2ncccc12. The molecule has 0 unspecified atom stereocenters. The molecule has 0 N–H and O–H groups in total. The van der Waals surface area contributed by atoms with Crippen LogP contribution in [0.1, 0.15) is 36.2 Å². The topological polar surface area (TPSA) is 71.6 Å². The van der Waals surface area contributed by atoms with Crippen molar-refractivity contribution in [2.75, 3.05) is 0 Å². The fourth-order valence-electron chi connectivity index (χ4n) is 2.53. The molecule has 0 bridgehead atoms. The zero-order valence-electron chi connectivity index (χ0n) is 9.83. The molecule has 0 amide bonds. The van der Waals surface area contributed by atoms with Gasteiger partial charge in [-0.15, -0.1) is 0 Å². The number of rotatable bonds is 1. The molecule has 0 saturated heterocycles. The van der Waals surface area contributed by atoms with Crippen LogP contribution >= 0.6 is 0 Å². The predicted octanol–water partition coefficient (Wildman–Crippen LogP) is 2.13. The monoisotopic (exact) mass is 240 g/mol. The molecular formula is C13H12N4O. The Morgan fingerprint density at radius 3 is 2.94 bits per heavy atom. The van der Waals surface area contributed by atoms with E-state index in [1.54, 1.807) is 18.3 Å². The Balaban J connectivity index is 2.12. The van der Waals surface area contributed by atoms with Crippen LogP contribution in [-0.2, 0) is 0 Å². The van der Waals surface area contributed by atoms with Crippen molar-refractivity contribution in [3.63, 3.8) is 0 Å². The van der Waals surface area contributed by atoms with Crippen molar-refractivity contribution >= 4 is 16.9 Å². The highest BCUT2D eigenvalue weighted by Gasteiger charge is 2.27. The lowest BCUT2D eigenvalue weighted by molar-refractivity contribution is 0.0825. The number of nitrogens with zero attached hydrogens (tertiary/aromatic N) is 4. The standard InChI is InChI=1S/C13H12N4O/c14-8-11-10-6-3-7-15-12(10)17(16-11)13(18)9-4-1-2-5-9/h3,6-7,9H,1-2,4-5H2. The maximum Gasteiger partial charge on any atom is 0.251 e. The van der Waals surface area contributed by atoms with Gasteiger partial charge in [0.05, 0.1) is 5.39 Å². The molecule has 0 aliphatic heterocycles. The first-order chi connectivity index (χ1) is 8.81. The predicted molar refractivity (Wildman–Crippen MR) is 64.8 cm³/mol. The van der Waals surface area contributed by atoms with E-state index < -0.39 is 0 Å². The summed E-state index contributed by atoms with van der Waals surface area (Å²) in [5, 5.41) is 13.8. The molecule has 90 valence electrons. The van der Waals surface area contributed by atoms with Gasteiger partial charge in [0, 0.05) is 12.1 Å². The van der Waals surface area contributed by atoms with Crippen molar-refractivity contribution in [1.29, 1.82) is 5.26 Å². The van der Waals surface area contributed by atoms with Crippen molar-refractivity contribution in [2.45, 2.75) is 25.7 Å². The van der Waals surface area contributed by atoms with Gasteiger partial charge < -0.3 is 0 Å². The lowest BCUT2D eigenvalue weighted by Crippen LogP contribution is -2.21. The van der Waals surface area contributed by atoms with E-state index in [4.69, 9.17) is 5.26 Å². The smallest absolute Gasteiger partial charge is 0.251 e. The van der Waals surface area contributed by atoms with E-state index in [1.165, 1.54) is 4.68 Å². The van der Waals surface area contributed by atoms with Crippen LogP contribution in [0.3, 0.4) is 0 Å². The molecule has 1 aliphatic rings. The fraction of sp³-hybridized carbons (Fsp3) is 0.385. The molecule has 1 fully saturated rings. The van der Waals surface area contributed by atoms with Crippen LogP contribution in [0.4, 0.5) is 0 Å². The molecule has 0 radical (unpaired) electrons. The maximum atomic E-state index is 12.3. The molecule has 2 aromatic rings. The normalized spacial score (nSPS) is 15.9. The van der Waals surface area contributed by atoms with Crippen LogP contribution in [0.5, 0.6) is 0 Å². The van der Waals surface area contributed by atoms with Crippen LogP contribution in [-0.4, -0.2) is 20.7 Å². The van der Waals surface area contributed by atoms with E-state index in [0.717, 1.165) is 25.7 Å². The lowest BCUT2D eigenvalue weighted by atomic mass is 10.1. The Hall–Kier alpha value is -2.22. The zero-order chi connectivity index (χ0) is 12.5. The van der Waals surface area contributed by atoms with Crippen molar-refractivity contribution in [1.82, 2.24) is 14.8 Å². The van der Waals surface area contributed by atoms with Crippen LogP contribution in [0.25, 0.3) is 11.0 Å². The van der Waals surface area contributed by atoms with Crippen molar-refractivity contribution in [3.8, 4) is 6.07 Å². The molecule has 5 heteroatoms. The fourth-order valence-corrected chi connectivity index (χ4v) is 2.53. The first-order valence-corrected chi connectivity index (χ1v) is 6.09. The minimum atomic E-state index is -0.0299. The molecule has 18 heavy (non-hydrogen) atoms. The first kappa shape index (κ1) is 10.9. The van der Waals surface area contributed by atoms with Crippen LogP contribution < -0.4 is 0 Å². The average molecular weight is 240 g/mol. The summed E-state index contributed by atoms with van der Waals surface area (Å²) in [5.74, 6) is -0.000603. The lowest BCUT2D eigenvalue weighted by Gasteiger charge is -2.07. The van der Waals surface area contributed by atoms with E-state index >= 15 is 0 Å². The third-order valence-electron chi connectivity index (χ3n) is 3.46. The highest BCUT2D eigenvalue weighted by molar-refractivity contribution is 5.92. The molecule has 0 atom stereocenters. The Labute approximate surface area is 104 Å². The van der Waals surface area contributed by atoms with E-state index in [2.05, 4.69) is 10.1 Å². The largest absolute Gasteiger partial charge is 0.272 e.